The molecule has 110 valence electrons. The number of aromatic hydroxyl groups is 1. The maximum Gasteiger partial charge on any atom is 0.422 e. The first-order valence-electron chi connectivity index (χ1n) is 5.41. The molecule has 0 saturated carbocycles. The number of phenols is 1. The van der Waals surface area contributed by atoms with E-state index in [0.717, 1.165) is 12.1 Å². The summed E-state index contributed by atoms with van der Waals surface area (Å²) in [6.45, 7) is 1.77. The number of hydrogen-bond donors (Lipinski definition) is 3. The van der Waals surface area contributed by atoms with Crippen LogP contribution in [0.5, 0.6) is 5.75 Å². The fraction of sp³-hybridized carbons (Fsp3) is 0.333. The molecule has 1 amide bonds. The Morgan fingerprint density at radius 2 is 1.80 bits per heavy atom. The first-order chi connectivity index (χ1) is 8.99. The van der Waals surface area contributed by atoms with Gasteiger partial charge < -0.3 is 15.5 Å². The van der Waals surface area contributed by atoms with E-state index in [-0.39, 0.29) is 16.9 Å². The minimum atomic E-state index is -5.15. The lowest BCUT2D eigenvalue weighted by Crippen LogP contribution is -2.61. The number of rotatable bonds is 3. The van der Waals surface area contributed by atoms with Crippen molar-refractivity contribution >= 4 is 11.9 Å². The number of benzene rings is 1. The molecule has 0 spiro atoms. The van der Waals surface area contributed by atoms with Gasteiger partial charge in [-0.2, -0.15) is 13.2 Å². The van der Waals surface area contributed by atoms with Crippen LogP contribution >= 0.6 is 0 Å². The summed E-state index contributed by atoms with van der Waals surface area (Å²) in [5.41, 5.74) is -3.33. The number of carboxylic acids is 1. The molecule has 0 heterocycles. The van der Waals surface area contributed by atoms with Gasteiger partial charge in [0.25, 0.3) is 5.91 Å². The molecule has 0 fully saturated rings. The van der Waals surface area contributed by atoms with Gasteiger partial charge in [-0.15, -0.1) is 0 Å². The topological polar surface area (TPSA) is 86.6 Å². The van der Waals surface area contributed by atoms with Crippen molar-refractivity contribution in [1.29, 1.82) is 0 Å². The highest BCUT2D eigenvalue weighted by Crippen LogP contribution is 2.31. The van der Waals surface area contributed by atoms with E-state index in [0.29, 0.717) is 6.92 Å². The van der Waals surface area contributed by atoms with Crippen LogP contribution in [-0.4, -0.2) is 33.8 Å². The molecule has 0 radical (unpaired) electrons. The highest BCUT2D eigenvalue weighted by molar-refractivity contribution is 5.99. The van der Waals surface area contributed by atoms with E-state index in [9.17, 15) is 22.8 Å². The van der Waals surface area contributed by atoms with Crippen LogP contribution < -0.4 is 5.32 Å². The summed E-state index contributed by atoms with van der Waals surface area (Å²) in [7, 11) is 0. The molecule has 1 unspecified atom stereocenters. The largest absolute Gasteiger partial charge is 0.508 e. The van der Waals surface area contributed by atoms with Crippen molar-refractivity contribution in [1.82, 2.24) is 5.32 Å². The predicted molar refractivity (Wildman–Crippen MR) is 62.4 cm³/mol. The number of halogens is 3. The van der Waals surface area contributed by atoms with Gasteiger partial charge >= 0.3 is 12.1 Å². The third-order valence-electron chi connectivity index (χ3n) is 2.81. The molecular formula is C12H12F3NO4. The van der Waals surface area contributed by atoms with Crippen LogP contribution in [-0.2, 0) is 4.79 Å². The number of amides is 1. The molecule has 1 atom stereocenters. The zero-order chi connectivity index (χ0) is 15.7. The number of carbonyl (C=O) groups is 2. The number of hydrogen-bond acceptors (Lipinski definition) is 3. The maximum atomic E-state index is 12.8. The molecular weight excluding hydrogens is 279 g/mol. The van der Waals surface area contributed by atoms with Crippen molar-refractivity contribution in [2.24, 2.45) is 0 Å². The number of aliphatic carboxylic acids is 1. The van der Waals surface area contributed by atoms with Crippen molar-refractivity contribution in [3.63, 3.8) is 0 Å². The van der Waals surface area contributed by atoms with Gasteiger partial charge in [-0.1, -0.05) is 0 Å². The quantitative estimate of drug-likeness (QED) is 0.793. The van der Waals surface area contributed by atoms with E-state index >= 15 is 0 Å². The smallest absolute Gasteiger partial charge is 0.422 e. The van der Waals surface area contributed by atoms with Gasteiger partial charge in [0.1, 0.15) is 5.75 Å². The zero-order valence-corrected chi connectivity index (χ0v) is 10.6. The van der Waals surface area contributed by atoms with Gasteiger partial charge in [0, 0.05) is 5.56 Å². The average Bonchev–Trinajstić information content (AvgIpc) is 2.26. The lowest BCUT2D eigenvalue weighted by molar-refractivity contribution is -0.203. The molecule has 1 aromatic rings. The molecule has 8 heteroatoms. The van der Waals surface area contributed by atoms with Crippen molar-refractivity contribution in [2.75, 3.05) is 0 Å². The molecule has 0 saturated heterocycles. The van der Waals surface area contributed by atoms with Crippen molar-refractivity contribution in [2.45, 2.75) is 25.6 Å². The van der Waals surface area contributed by atoms with Crippen molar-refractivity contribution in [3.8, 4) is 5.75 Å². The molecule has 3 N–H and O–H groups in total. The number of alkyl halides is 3. The second kappa shape index (κ2) is 5.03. The average molecular weight is 291 g/mol. The molecule has 1 rings (SSSR count). The molecule has 5 nitrogen and oxygen atoms in total. The number of aryl methyl sites for hydroxylation is 1. The summed E-state index contributed by atoms with van der Waals surface area (Å²) in [5, 5.41) is 19.3. The summed E-state index contributed by atoms with van der Waals surface area (Å²) in [6.07, 6.45) is -5.15. The lowest BCUT2D eigenvalue weighted by atomic mass is 10.00. The van der Waals surface area contributed by atoms with Crippen molar-refractivity contribution < 1.29 is 33.0 Å². The van der Waals surface area contributed by atoms with Gasteiger partial charge in [0.05, 0.1) is 0 Å². The van der Waals surface area contributed by atoms with Crippen LogP contribution in [0.2, 0.25) is 0 Å². The Hall–Kier alpha value is -2.25. The number of carbonyl (C=O) groups excluding carboxylic acids is 1. The fourth-order valence-electron chi connectivity index (χ4n) is 1.44. The zero-order valence-electron chi connectivity index (χ0n) is 10.6. The maximum absolute atomic E-state index is 12.8. The fourth-order valence-corrected chi connectivity index (χ4v) is 1.44. The second-order valence-corrected chi connectivity index (χ2v) is 4.38. The van der Waals surface area contributed by atoms with Gasteiger partial charge in [-0.05, 0) is 37.6 Å². The summed E-state index contributed by atoms with van der Waals surface area (Å²) in [5.74, 6) is -3.56. The van der Waals surface area contributed by atoms with E-state index in [1.165, 1.54) is 18.3 Å². The number of carboxylic acid groups (broad SMARTS) is 1. The van der Waals surface area contributed by atoms with Crippen LogP contribution in [0.1, 0.15) is 22.8 Å². The van der Waals surface area contributed by atoms with E-state index in [2.05, 4.69) is 0 Å². The van der Waals surface area contributed by atoms with Crippen LogP contribution in [0.25, 0.3) is 0 Å². The Labute approximate surface area is 112 Å². The molecule has 0 aromatic heterocycles. The summed E-state index contributed by atoms with van der Waals surface area (Å²) >= 11 is 0. The van der Waals surface area contributed by atoms with Gasteiger partial charge in [0.15, 0.2) is 0 Å². The first-order valence-corrected chi connectivity index (χ1v) is 5.41. The summed E-state index contributed by atoms with van der Waals surface area (Å²) in [4.78, 5) is 22.6. The Bertz CT molecular complexity index is 556. The lowest BCUT2D eigenvalue weighted by Gasteiger charge is -2.28. The number of phenolic OH excluding ortho intramolecular Hbond substituents is 1. The van der Waals surface area contributed by atoms with E-state index in [1.807, 2.05) is 0 Å². The van der Waals surface area contributed by atoms with Crippen molar-refractivity contribution in [3.05, 3.63) is 29.3 Å². The number of nitrogens with one attached hydrogen (secondary N) is 1. The van der Waals surface area contributed by atoms with E-state index in [4.69, 9.17) is 10.2 Å². The standard InChI is InChI=1S/C12H12F3NO4/c1-6-5-7(17)3-4-8(6)9(18)16-11(2,10(19)20)12(13,14)15/h3-5,17H,1-2H3,(H,16,18)(H,19,20). The van der Waals surface area contributed by atoms with Crippen LogP contribution in [0.15, 0.2) is 18.2 Å². The van der Waals surface area contributed by atoms with Gasteiger partial charge in [0.2, 0.25) is 5.54 Å². The molecule has 1 aromatic carbocycles. The normalized spacial score (nSPS) is 14.4. The third-order valence-corrected chi connectivity index (χ3v) is 2.81. The highest BCUT2D eigenvalue weighted by Gasteiger charge is 2.58. The molecule has 0 aliphatic carbocycles. The van der Waals surface area contributed by atoms with Crippen LogP contribution in [0.4, 0.5) is 13.2 Å². The summed E-state index contributed by atoms with van der Waals surface area (Å²) < 4.78 is 38.3. The van der Waals surface area contributed by atoms with Gasteiger partial charge in [-0.3, -0.25) is 4.79 Å². The first kappa shape index (κ1) is 15.8. The molecule has 0 bridgehead atoms. The second-order valence-electron chi connectivity index (χ2n) is 4.38. The van der Waals surface area contributed by atoms with Gasteiger partial charge in [-0.25, -0.2) is 4.79 Å². The Kier molecular flexibility index (Phi) is 3.97. The Morgan fingerprint density at radius 3 is 2.20 bits per heavy atom. The van der Waals surface area contributed by atoms with E-state index in [1.54, 1.807) is 0 Å². The molecule has 0 aliphatic rings. The molecule has 20 heavy (non-hydrogen) atoms. The highest BCUT2D eigenvalue weighted by atomic mass is 19.4. The Balaban J connectivity index is 3.13. The van der Waals surface area contributed by atoms with Crippen LogP contribution in [0, 0.1) is 6.92 Å². The third kappa shape index (κ3) is 2.84. The molecule has 0 aliphatic heterocycles. The minimum absolute atomic E-state index is 0.153. The monoisotopic (exact) mass is 291 g/mol. The SMILES string of the molecule is Cc1cc(O)ccc1C(=O)NC(C)(C(=O)O)C(F)(F)F. The Morgan fingerprint density at radius 1 is 1.25 bits per heavy atom. The van der Waals surface area contributed by atoms with E-state index < -0.39 is 23.6 Å². The van der Waals surface area contributed by atoms with Crippen LogP contribution in [0.3, 0.4) is 0 Å². The predicted octanol–water partition coefficient (Wildman–Crippen LogP) is 1.84. The summed E-state index contributed by atoms with van der Waals surface area (Å²) in [6, 6.07) is 3.41. The minimum Gasteiger partial charge on any atom is -0.508 e.